The van der Waals surface area contributed by atoms with Gasteiger partial charge in [-0.2, -0.15) is 0 Å². The molecule has 0 aromatic carbocycles. The number of hydrogen-bond acceptors (Lipinski definition) is 9. The van der Waals surface area contributed by atoms with Crippen LogP contribution in [-0.2, 0) is 39.8 Å². The maximum Gasteiger partial charge on any atom is 0.500 e. The summed E-state index contributed by atoms with van der Waals surface area (Å²) in [6.07, 6.45) is 6.70. The van der Waals surface area contributed by atoms with E-state index >= 15 is 0 Å². The first-order valence-electron chi connectivity index (χ1n) is 12.6. The molecule has 0 radical (unpaired) electrons. The summed E-state index contributed by atoms with van der Waals surface area (Å²) >= 11 is 0. The van der Waals surface area contributed by atoms with Gasteiger partial charge in [0.25, 0.3) is 0 Å². The first-order valence-corrected chi connectivity index (χ1v) is 21.5. The fraction of sp³-hybridized carbons (Fsp3) is 1.00. The van der Waals surface area contributed by atoms with Gasteiger partial charge in [0.2, 0.25) is 0 Å². The molecule has 0 saturated heterocycles. The molecule has 0 fully saturated rings. The van der Waals surface area contributed by atoms with Crippen molar-refractivity contribution in [3.8, 4) is 0 Å². The highest BCUT2D eigenvalue weighted by Gasteiger charge is 2.39. The molecule has 0 aliphatic rings. The van der Waals surface area contributed by atoms with Crippen molar-refractivity contribution in [2.24, 2.45) is 0 Å². The van der Waals surface area contributed by atoms with E-state index in [1.165, 1.54) is 37.4 Å². The van der Waals surface area contributed by atoms with Gasteiger partial charge in [0.05, 0.1) is 8.07 Å². The molecule has 0 saturated carbocycles. The summed E-state index contributed by atoms with van der Waals surface area (Å²) in [5.41, 5.74) is 0. The van der Waals surface area contributed by atoms with Gasteiger partial charge in [-0.25, -0.2) is 0 Å². The summed E-state index contributed by atoms with van der Waals surface area (Å²) in [4.78, 5) is 0. The molecule has 0 heterocycles. The molecule has 0 rings (SSSR count). The lowest BCUT2D eigenvalue weighted by Gasteiger charge is -2.30. The topological polar surface area (TPSA) is 83.1 Å². The number of unbranched alkanes of at least 4 members (excludes halogenated alkanes) is 3. The van der Waals surface area contributed by atoms with E-state index in [1.54, 1.807) is 64.0 Å². The van der Waals surface area contributed by atoms with Crippen LogP contribution in [0.2, 0.25) is 42.8 Å². The predicted octanol–water partition coefficient (Wildman–Crippen LogP) is 5.04. The second-order valence-electron chi connectivity index (χ2n) is 9.32. The van der Waals surface area contributed by atoms with E-state index in [0.717, 1.165) is 37.4 Å². The van der Waals surface area contributed by atoms with Gasteiger partial charge in [0.15, 0.2) is 0 Å². The van der Waals surface area contributed by atoms with Crippen LogP contribution < -0.4 is 0 Å². The van der Waals surface area contributed by atoms with Crippen LogP contribution in [0.3, 0.4) is 0 Å². The number of hydrogen-bond donors (Lipinski definition) is 0. The van der Waals surface area contributed by atoms with Crippen molar-refractivity contribution in [3.63, 3.8) is 0 Å². The van der Waals surface area contributed by atoms with Gasteiger partial charge in [-0.1, -0.05) is 43.9 Å². The molecule has 0 aliphatic carbocycles. The monoisotopic (exact) mass is 574 g/mol. The van der Waals surface area contributed by atoms with Gasteiger partial charge in [-0.3, -0.25) is 0 Å². The van der Waals surface area contributed by atoms with E-state index in [4.69, 9.17) is 39.8 Å². The van der Waals surface area contributed by atoms with Gasteiger partial charge in [0, 0.05) is 82.1 Å². The van der Waals surface area contributed by atoms with Crippen molar-refractivity contribution in [3.05, 3.63) is 0 Å². The van der Waals surface area contributed by atoms with Crippen LogP contribution in [0.25, 0.3) is 0 Å². The Morgan fingerprint density at radius 1 is 0.314 bits per heavy atom. The fourth-order valence-electron chi connectivity index (χ4n) is 4.72. The lowest BCUT2D eigenvalue weighted by molar-refractivity contribution is 0.122. The lowest BCUT2D eigenvalue weighted by atomic mass is 10.4. The Bertz CT molecular complexity index is 425. The van der Waals surface area contributed by atoms with E-state index in [1.807, 2.05) is 0 Å². The Hall–Kier alpha value is 0.508. The maximum atomic E-state index is 5.60. The SMILES string of the molecule is CO[Si](CCCC[Si](C)(CCCC[Si](OC)(OC)OC)CCCC[Si](OC)(OC)OC)(OC)OC. The van der Waals surface area contributed by atoms with Crippen LogP contribution in [0.1, 0.15) is 38.5 Å². The minimum atomic E-state index is -2.50. The van der Waals surface area contributed by atoms with Crippen molar-refractivity contribution < 1.29 is 39.8 Å². The van der Waals surface area contributed by atoms with E-state index < -0.39 is 34.5 Å². The Kier molecular flexibility index (Phi) is 19.0. The minimum Gasteiger partial charge on any atom is -0.377 e. The van der Waals surface area contributed by atoms with Crippen molar-refractivity contribution in [2.45, 2.75) is 81.3 Å². The van der Waals surface area contributed by atoms with Crippen LogP contribution in [0.15, 0.2) is 0 Å². The molecule has 0 aliphatic heterocycles. The smallest absolute Gasteiger partial charge is 0.377 e. The third-order valence-corrected chi connectivity index (χ3v) is 20.5. The molecule has 0 aromatic rings. The molecular formula is C22H54O9Si4. The third kappa shape index (κ3) is 12.3. The highest BCUT2D eigenvalue weighted by molar-refractivity contribution is 6.78. The molecule has 13 heteroatoms. The van der Waals surface area contributed by atoms with E-state index in [0.29, 0.717) is 0 Å². The van der Waals surface area contributed by atoms with Crippen molar-refractivity contribution in [1.82, 2.24) is 0 Å². The molecule has 0 unspecified atom stereocenters. The van der Waals surface area contributed by atoms with Crippen LogP contribution in [-0.4, -0.2) is 98.5 Å². The third-order valence-electron chi connectivity index (χ3n) is 7.34. The van der Waals surface area contributed by atoms with Gasteiger partial charge >= 0.3 is 26.4 Å². The zero-order chi connectivity index (χ0) is 26.8. The molecule has 9 nitrogen and oxygen atoms in total. The summed E-state index contributed by atoms with van der Waals surface area (Å²) in [6, 6.07) is 6.43. The Balaban J connectivity index is 4.96. The zero-order valence-corrected chi connectivity index (χ0v) is 28.2. The van der Waals surface area contributed by atoms with E-state index in [-0.39, 0.29) is 0 Å². The molecule has 0 aromatic heterocycles. The lowest BCUT2D eigenvalue weighted by Crippen LogP contribution is -2.43. The molecule has 0 spiro atoms. The maximum absolute atomic E-state index is 5.60. The van der Waals surface area contributed by atoms with Crippen LogP contribution >= 0.6 is 0 Å². The molecule has 35 heavy (non-hydrogen) atoms. The van der Waals surface area contributed by atoms with Crippen LogP contribution in [0.5, 0.6) is 0 Å². The summed E-state index contributed by atoms with van der Waals surface area (Å²) in [5, 5.41) is 0. The largest absolute Gasteiger partial charge is 0.500 e. The van der Waals surface area contributed by atoms with Crippen LogP contribution in [0.4, 0.5) is 0 Å². The Morgan fingerprint density at radius 2 is 0.486 bits per heavy atom. The quantitative estimate of drug-likeness (QED) is 0.116. The van der Waals surface area contributed by atoms with E-state index in [9.17, 15) is 0 Å². The van der Waals surface area contributed by atoms with Gasteiger partial charge < -0.3 is 39.8 Å². The highest BCUT2D eigenvalue weighted by Crippen LogP contribution is 2.31. The average Bonchev–Trinajstić information content (AvgIpc) is 2.90. The summed E-state index contributed by atoms with van der Waals surface area (Å²) < 4.78 is 50.4. The Morgan fingerprint density at radius 3 is 0.657 bits per heavy atom. The van der Waals surface area contributed by atoms with E-state index in [2.05, 4.69) is 6.55 Å². The van der Waals surface area contributed by atoms with Gasteiger partial charge in [0.1, 0.15) is 0 Å². The van der Waals surface area contributed by atoms with Crippen molar-refractivity contribution >= 4 is 34.5 Å². The molecule has 0 amide bonds. The molecular weight excluding hydrogens is 521 g/mol. The second-order valence-corrected chi connectivity index (χ2v) is 23.7. The standard InChI is InChI=1S/C22H54O9Si4/c1-23-33(24-2,25-3)20-14-11-17-32(10,18-12-15-21-34(26-4,27-5)28-6)19-13-16-22-35(29-7,30-8)31-9/h11-22H2,1-10H3. The normalized spacial score (nSPS) is 13.5. The predicted molar refractivity (Wildman–Crippen MR) is 149 cm³/mol. The average molecular weight is 575 g/mol. The second kappa shape index (κ2) is 18.7. The van der Waals surface area contributed by atoms with Crippen LogP contribution in [0, 0.1) is 0 Å². The van der Waals surface area contributed by atoms with Crippen molar-refractivity contribution in [1.29, 1.82) is 0 Å². The molecule has 212 valence electrons. The highest BCUT2D eigenvalue weighted by atomic mass is 28.4. The Labute approximate surface area is 219 Å². The van der Waals surface area contributed by atoms with Gasteiger partial charge in [-0.05, 0) is 19.3 Å². The number of rotatable bonds is 24. The minimum absolute atomic E-state index is 0.855. The molecule has 0 atom stereocenters. The summed E-state index contributed by atoms with van der Waals surface area (Å²) in [7, 11) is 6.21. The zero-order valence-electron chi connectivity index (χ0n) is 24.2. The summed E-state index contributed by atoms with van der Waals surface area (Å²) in [5.74, 6) is 0. The summed E-state index contributed by atoms with van der Waals surface area (Å²) in [6.45, 7) is 2.56. The molecule has 0 N–H and O–H groups in total. The first kappa shape index (κ1) is 35.5. The fourth-order valence-corrected chi connectivity index (χ4v) is 14.2. The molecule has 0 bridgehead atoms. The van der Waals surface area contributed by atoms with Crippen molar-refractivity contribution in [2.75, 3.05) is 64.0 Å². The van der Waals surface area contributed by atoms with Gasteiger partial charge in [-0.15, -0.1) is 0 Å². The first-order chi connectivity index (χ1) is 16.7.